The van der Waals surface area contributed by atoms with Crippen LogP contribution in [-0.4, -0.2) is 27.0 Å². The fourth-order valence-electron chi connectivity index (χ4n) is 1.74. The van der Waals surface area contributed by atoms with Crippen LogP contribution < -0.4 is 5.32 Å². The summed E-state index contributed by atoms with van der Waals surface area (Å²) in [4.78, 5) is 0. The van der Waals surface area contributed by atoms with Crippen molar-refractivity contribution in [2.75, 3.05) is 7.05 Å². The van der Waals surface area contributed by atoms with Crippen molar-refractivity contribution < 1.29 is 0 Å². The quantitative estimate of drug-likeness (QED) is 0.871. The molecule has 90 valence electrons. The Bertz CT molecular complexity index is 500. The number of rotatable bonds is 3. The molecule has 0 spiro atoms. The lowest BCUT2D eigenvalue weighted by molar-refractivity contribution is 0.646. The maximum absolute atomic E-state index is 4.36. The van der Waals surface area contributed by atoms with E-state index < -0.39 is 0 Å². The van der Waals surface area contributed by atoms with Gasteiger partial charge in [-0.2, -0.15) is 10.2 Å². The van der Waals surface area contributed by atoms with Gasteiger partial charge in [0.15, 0.2) is 5.82 Å². The normalized spacial score (nSPS) is 12.7. The van der Waals surface area contributed by atoms with Crippen molar-refractivity contribution in [3.63, 3.8) is 0 Å². The van der Waals surface area contributed by atoms with Gasteiger partial charge < -0.3 is 5.32 Å². The molecule has 0 saturated carbocycles. The Morgan fingerprint density at radius 1 is 1.24 bits per heavy atom. The number of hydrogen-bond acceptors (Lipinski definition) is 4. The Morgan fingerprint density at radius 3 is 2.59 bits per heavy atom. The summed E-state index contributed by atoms with van der Waals surface area (Å²) < 4.78 is 1.82. The lowest BCUT2D eigenvalue weighted by atomic mass is 10.1. The highest BCUT2D eigenvalue weighted by Gasteiger charge is 2.13. The van der Waals surface area contributed by atoms with Crippen LogP contribution in [0.3, 0.4) is 0 Å². The van der Waals surface area contributed by atoms with Gasteiger partial charge in [0.25, 0.3) is 0 Å². The first-order chi connectivity index (χ1) is 8.13. The number of aromatic nitrogens is 4. The molecule has 0 bridgehead atoms. The van der Waals surface area contributed by atoms with Crippen molar-refractivity contribution >= 4 is 0 Å². The fraction of sp³-hybridized carbons (Fsp3) is 0.417. The van der Waals surface area contributed by atoms with E-state index >= 15 is 0 Å². The topological polar surface area (TPSA) is 55.6 Å². The van der Waals surface area contributed by atoms with Crippen LogP contribution >= 0.6 is 0 Å². The molecule has 1 unspecified atom stereocenters. The maximum Gasteiger partial charge on any atom is 0.175 e. The molecule has 17 heavy (non-hydrogen) atoms. The van der Waals surface area contributed by atoms with Crippen LogP contribution in [-0.2, 0) is 0 Å². The zero-order chi connectivity index (χ0) is 12.4. The van der Waals surface area contributed by atoms with Gasteiger partial charge in [-0.1, -0.05) is 0 Å². The van der Waals surface area contributed by atoms with Gasteiger partial charge in [0.05, 0.1) is 11.9 Å². The molecule has 0 fully saturated rings. The Balaban J connectivity index is 2.40. The molecular formula is C12H17N5. The lowest BCUT2D eigenvalue weighted by Crippen LogP contribution is -2.13. The predicted molar refractivity (Wildman–Crippen MR) is 66.1 cm³/mol. The molecule has 5 nitrogen and oxygen atoms in total. The smallest absolute Gasteiger partial charge is 0.175 e. The van der Waals surface area contributed by atoms with Gasteiger partial charge in [-0.05, 0) is 40.0 Å². The number of aryl methyl sites for hydroxylation is 1. The molecule has 1 atom stereocenters. The van der Waals surface area contributed by atoms with Crippen LogP contribution in [0.4, 0.5) is 0 Å². The summed E-state index contributed by atoms with van der Waals surface area (Å²) in [5, 5.41) is 15.7. The minimum Gasteiger partial charge on any atom is -0.313 e. The predicted octanol–water partition coefficient (Wildman–Crippen LogP) is 1.56. The van der Waals surface area contributed by atoms with Crippen molar-refractivity contribution in [1.29, 1.82) is 0 Å². The van der Waals surface area contributed by atoms with Gasteiger partial charge in [0.1, 0.15) is 0 Å². The fourth-order valence-corrected chi connectivity index (χ4v) is 1.74. The van der Waals surface area contributed by atoms with E-state index in [0.29, 0.717) is 0 Å². The van der Waals surface area contributed by atoms with Crippen LogP contribution in [0.25, 0.3) is 5.82 Å². The summed E-state index contributed by atoms with van der Waals surface area (Å²) in [5.41, 5.74) is 3.17. The van der Waals surface area contributed by atoms with E-state index in [1.54, 1.807) is 0 Å². The molecule has 2 aromatic rings. The van der Waals surface area contributed by atoms with E-state index in [1.165, 1.54) is 5.56 Å². The second-order valence-corrected chi connectivity index (χ2v) is 4.14. The summed E-state index contributed by atoms with van der Waals surface area (Å²) in [7, 11) is 1.94. The standard InChI is InChI=1S/C12H17N5/c1-8-5-6-12(16-15-8)17-10(3)11(7-14-17)9(2)13-4/h5-7,9,13H,1-4H3. The summed E-state index contributed by atoms with van der Waals surface area (Å²) in [6, 6.07) is 4.14. The number of nitrogens with one attached hydrogen (secondary N) is 1. The molecule has 2 rings (SSSR count). The van der Waals surface area contributed by atoms with E-state index in [4.69, 9.17) is 0 Å². The third kappa shape index (κ3) is 2.19. The molecule has 0 saturated heterocycles. The van der Waals surface area contributed by atoms with Crippen LogP contribution in [0.5, 0.6) is 0 Å². The molecule has 0 aromatic carbocycles. The van der Waals surface area contributed by atoms with Gasteiger partial charge in [-0.3, -0.25) is 0 Å². The van der Waals surface area contributed by atoms with E-state index in [-0.39, 0.29) is 6.04 Å². The zero-order valence-corrected chi connectivity index (χ0v) is 10.6. The molecule has 0 radical (unpaired) electrons. The molecule has 2 aromatic heterocycles. The number of hydrogen-bond donors (Lipinski definition) is 1. The molecule has 0 aliphatic rings. The van der Waals surface area contributed by atoms with Crippen LogP contribution in [0.2, 0.25) is 0 Å². The monoisotopic (exact) mass is 231 g/mol. The second-order valence-electron chi connectivity index (χ2n) is 4.14. The summed E-state index contributed by atoms with van der Waals surface area (Å²) in [6.07, 6.45) is 1.87. The van der Waals surface area contributed by atoms with E-state index in [0.717, 1.165) is 17.2 Å². The van der Waals surface area contributed by atoms with E-state index in [2.05, 4.69) is 27.5 Å². The van der Waals surface area contributed by atoms with Gasteiger partial charge >= 0.3 is 0 Å². The Labute approximate surface area is 101 Å². The van der Waals surface area contributed by atoms with Gasteiger partial charge in [0.2, 0.25) is 0 Å². The van der Waals surface area contributed by atoms with E-state index in [1.807, 2.05) is 43.9 Å². The maximum atomic E-state index is 4.36. The molecule has 0 aliphatic carbocycles. The lowest BCUT2D eigenvalue weighted by Gasteiger charge is -2.09. The Kier molecular flexibility index (Phi) is 3.19. The van der Waals surface area contributed by atoms with Gasteiger partial charge in [0, 0.05) is 17.3 Å². The average Bonchev–Trinajstić information content (AvgIpc) is 2.71. The summed E-state index contributed by atoms with van der Waals surface area (Å²) in [5.74, 6) is 0.752. The first-order valence-corrected chi connectivity index (χ1v) is 5.66. The minimum absolute atomic E-state index is 0.280. The van der Waals surface area contributed by atoms with Crippen molar-refractivity contribution in [1.82, 2.24) is 25.3 Å². The average molecular weight is 231 g/mol. The third-order valence-corrected chi connectivity index (χ3v) is 2.95. The van der Waals surface area contributed by atoms with Gasteiger partial charge in [-0.25, -0.2) is 4.68 Å². The summed E-state index contributed by atoms with van der Waals surface area (Å²) >= 11 is 0. The van der Waals surface area contributed by atoms with Crippen molar-refractivity contribution in [2.45, 2.75) is 26.8 Å². The highest BCUT2D eigenvalue weighted by Crippen LogP contribution is 2.18. The van der Waals surface area contributed by atoms with Crippen molar-refractivity contribution in [2.24, 2.45) is 0 Å². The van der Waals surface area contributed by atoms with Crippen LogP contribution in [0.1, 0.15) is 29.9 Å². The molecule has 1 N–H and O–H groups in total. The molecule has 2 heterocycles. The van der Waals surface area contributed by atoms with Crippen molar-refractivity contribution in [3.05, 3.63) is 35.3 Å². The molecule has 0 aliphatic heterocycles. The summed E-state index contributed by atoms with van der Waals surface area (Å²) in [6.45, 7) is 6.06. The number of nitrogens with zero attached hydrogens (tertiary/aromatic N) is 4. The molecule has 5 heteroatoms. The highest BCUT2D eigenvalue weighted by atomic mass is 15.3. The Hall–Kier alpha value is -1.75. The van der Waals surface area contributed by atoms with E-state index in [9.17, 15) is 0 Å². The van der Waals surface area contributed by atoms with Gasteiger partial charge in [-0.15, -0.1) is 5.10 Å². The molecular weight excluding hydrogens is 214 g/mol. The zero-order valence-electron chi connectivity index (χ0n) is 10.6. The molecule has 0 amide bonds. The minimum atomic E-state index is 0.280. The van der Waals surface area contributed by atoms with Crippen molar-refractivity contribution in [3.8, 4) is 5.82 Å². The first kappa shape index (κ1) is 11.7. The largest absolute Gasteiger partial charge is 0.313 e. The second kappa shape index (κ2) is 4.63. The first-order valence-electron chi connectivity index (χ1n) is 5.66. The van der Waals surface area contributed by atoms with Crippen LogP contribution in [0.15, 0.2) is 18.3 Å². The SMILES string of the molecule is CNC(C)c1cnn(-c2ccc(C)nn2)c1C. The highest BCUT2D eigenvalue weighted by molar-refractivity contribution is 5.29. The van der Waals surface area contributed by atoms with Crippen LogP contribution in [0, 0.1) is 13.8 Å². The third-order valence-electron chi connectivity index (χ3n) is 2.95. The Morgan fingerprint density at radius 2 is 2.00 bits per heavy atom.